The van der Waals surface area contributed by atoms with E-state index in [4.69, 9.17) is 0 Å². The zero-order chi connectivity index (χ0) is 13.6. The standard InChI is InChI=1S/C10H8O6S2.2Na/c11-17(12,13)8-5-4-7-2-1-3-10(9(7)6-8)18(14,15)16;;/h1-6H,(H,11,12,13)(H,14,15,16);;/q;2*+1/p-2. The van der Waals surface area contributed by atoms with Crippen molar-refractivity contribution in [3.8, 4) is 0 Å². The smallest absolute Gasteiger partial charge is 0.744 e. The summed E-state index contributed by atoms with van der Waals surface area (Å²) >= 11 is 0. The monoisotopic (exact) mass is 332 g/mol. The Labute approximate surface area is 160 Å². The first-order valence-electron chi connectivity index (χ1n) is 4.64. The third-order valence-electron chi connectivity index (χ3n) is 2.37. The Kier molecular flexibility index (Phi) is 7.37. The van der Waals surface area contributed by atoms with E-state index in [-0.39, 0.29) is 64.5 Å². The van der Waals surface area contributed by atoms with Crippen LogP contribution in [0.2, 0.25) is 0 Å². The van der Waals surface area contributed by atoms with Crippen molar-refractivity contribution in [2.24, 2.45) is 0 Å². The first-order valence-corrected chi connectivity index (χ1v) is 7.46. The molecule has 6 nitrogen and oxygen atoms in total. The van der Waals surface area contributed by atoms with Crippen LogP contribution in [-0.2, 0) is 20.2 Å². The van der Waals surface area contributed by atoms with Crippen LogP contribution in [0.15, 0.2) is 46.2 Å². The number of hydrogen-bond acceptors (Lipinski definition) is 6. The van der Waals surface area contributed by atoms with Crippen molar-refractivity contribution in [2.75, 3.05) is 0 Å². The molecular formula is C10H6Na2O6S2. The quantitative estimate of drug-likeness (QED) is 0.401. The molecule has 0 radical (unpaired) electrons. The van der Waals surface area contributed by atoms with Crippen LogP contribution in [0.3, 0.4) is 0 Å². The summed E-state index contributed by atoms with van der Waals surface area (Å²) in [6, 6.07) is 7.15. The molecule has 0 saturated carbocycles. The fourth-order valence-electron chi connectivity index (χ4n) is 1.60. The van der Waals surface area contributed by atoms with Gasteiger partial charge in [-0.05, 0) is 23.6 Å². The molecule has 0 heterocycles. The van der Waals surface area contributed by atoms with E-state index in [1.165, 1.54) is 18.2 Å². The average Bonchev–Trinajstić information content (AvgIpc) is 2.25. The molecule has 0 N–H and O–H groups in total. The SMILES string of the molecule is O=S(=O)([O-])c1ccc2cccc(S(=O)(=O)[O-])c2c1.[Na+].[Na+]. The molecule has 0 bridgehead atoms. The predicted molar refractivity (Wildman–Crippen MR) is 59.9 cm³/mol. The van der Waals surface area contributed by atoms with E-state index in [2.05, 4.69) is 0 Å². The average molecular weight is 332 g/mol. The molecule has 0 atom stereocenters. The van der Waals surface area contributed by atoms with Gasteiger partial charge in [-0.25, -0.2) is 16.8 Å². The van der Waals surface area contributed by atoms with Gasteiger partial charge in [-0.2, -0.15) is 0 Å². The van der Waals surface area contributed by atoms with Crippen molar-refractivity contribution in [1.29, 1.82) is 0 Å². The van der Waals surface area contributed by atoms with Crippen LogP contribution >= 0.6 is 0 Å². The van der Waals surface area contributed by atoms with Crippen molar-refractivity contribution < 1.29 is 85.1 Å². The summed E-state index contributed by atoms with van der Waals surface area (Å²) < 4.78 is 65.6. The van der Waals surface area contributed by atoms with Crippen molar-refractivity contribution in [3.63, 3.8) is 0 Å². The zero-order valence-corrected chi connectivity index (χ0v) is 16.4. The summed E-state index contributed by atoms with van der Waals surface area (Å²) in [7, 11) is -9.44. The first-order chi connectivity index (χ1) is 8.19. The van der Waals surface area contributed by atoms with E-state index >= 15 is 0 Å². The van der Waals surface area contributed by atoms with Crippen molar-refractivity contribution in [3.05, 3.63) is 36.4 Å². The maximum atomic E-state index is 11.0. The molecular weight excluding hydrogens is 326 g/mol. The minimum Gasteiger partial charge on any atom is -0.744 e. The third kappa shape index (κ3) is 4.51. The van der Waals surface area contributed by atoms with Gasteiger partial charge in [0, 0.05) is 5.39 Å². The minimum atomic E-state index is -4.74. The Morgan fingerprint density at radius 2 is 1.40 bits per heavy atom. The Bertz CT molecular complexity index is 830. The molecule has 2 aromatic rings. The summed E-state index contributed by atoms with van der Waals surface area (Å²) in [5, 5.41) is 0.281. The molecule has 0 unspecified atom stereocenters. The van der Waals surface area contributed by atoms with E-state index in [9.17, 15) is 25.9 Å². The van der Waals surface area contributed by atoms with Crippen LogP contribution in [0.5, 0.6) is 0 Å². The first kappa shape index (κ1) is 20.5. The Hall–Kier alpha value is 0.520. The van der Waals surface area contributed by atoms with Gasteiger partial charge in [0.15, 0.2) is 0 Å². The largest absolute Gasteiger partial charge is 1.00 e. The Morgan fingerprint density at radius 3 is 1.90 bits per heavy atom. The van der Waals surface area contributed by atoms with E-state index < -0.39 is 30.0 Å². The van der Waals surface area contributed by atoms with Gasteiger partial charge >= 0.3 is 59.1 Å². The number of rotatable bonds is 2. The van der Waals surface area contributed by atoms with Crippen LogP contribution in [0.25, 0.3) is 10.8 Å². The number of benzene rings is 2. The van der Waals surface area contributed by atoms with Gasteiger partial charge in [0.2, 0.25) is 0 Å². The summed E-state index contributed by atoms with van der Waals surface area (Å²) in [5.41, 5.74) is 0. The van der Waals surface area contributed by atoms with E-state index in [1.807, 2.05) is 0 Å². The molecule has 2 rings (SSSR count). The number of fused-ring (bicyclic) bond motifs is 1. The van der Waals surface area contributed by atoms with Gasteiger partial charge in [-0.15, -0.1) is 0 Å². The maximum Gasteiger partial charge on any atom is 1.00 e. The van der Waals surface area contributed by atoms with Gasteiger partial charge in [-0.3, -0.25) is 0 Å². The molecule has 96 valence electrons. The van der Waals surface area contributed by atoms with Gasteiger partial charge in [-0.1, -0.05) is 18.2 Å². The normalized spacial score (nSPS) is 11.5. The molecule has 10 heteroatoms. The van der Waals surface area contributed by atoms with Crippen LogP contribution in [0.1, 0.15) is 0 Å². The van der Waals surface area contributed by atoms with Crippen molar-refractivity contribution in [2.45, 2.75) is 9.79 Å². The summed E-state index contributed by atoms with van der Waals surface area (Å²) in [6.07, 6.45) is 0. The van der Waals surface area contributed by atoms with Gasteiger partial charge < -0.3 is 9.11 Å². The van der Waals surface area contributed by atoms with E-state index in [0.29, 0.717) is 5.39 Å². The second-order valence-corrected chi connectivity index (χ2v) is 6.28. The predicted octanol–water partition coefficient (Wildman–Crippen LogP) is -5.34. The van der Waals surface area contributed by atoms with Crippen molar-refractivity contribution >= 4 is 31.0 Å². The molecule has 0 aliphatic rings. The fourth-order valence-corrected chi connectivity index (χ4v) is 2.78. The summed E-state index contributed by atoms with van der Waals surface area (Å²) in [5.74, 6) is 0. The molecule has 0 spiro atoms. The van der Waals surface area contributed by atoms with Crippen LogP contribution < -0.4 is 59.1 Å². The maximum absolute atomic E-state index is 11.0. The molecule has 2 aromatic carbocycles. The minimum absolute atomic E-state index is 0. The second-order valence-electron chi connectivity index (χ2n) is 3.55. The van der Waals surface area contributed by atoms with Crippen molar-refractivity contribution in [1.82, 2.24) is 0 Å². The molecule has 0 saturated heterocycles. The molecule has 0 aromatic heterocycles. The van der Waals surface area contributed by atoms with Gasteiger partial charge in [0.25, 0.3) is 0 Å². The topological polar surface area (TPSA) is 114 Å². The van der Waals surface area contributed by atoms with E-state index in [1.54, 1.807) is 0 Å². The van der Waals surface area contributed by atoms with E-state index in [0.717, 1.165) is 18.2 Å². The third-order valence-corrected chi connectivity index (χ3v) is 4.10. The van der Waals surface area contributed by atoms with Crippen LogP contribution in [0.4, 0.5) is 0 Å². The van der Waals surface area contributed by atoms with Gasteiger partial charge in [0.05, 0.1) is 9.79 Å². The van der Waals surface area contributed by atoms with Crippen LogP contribution in [0, 0.1) is 0 Å². The summed E-state index contributed by atoms with van der Waals surface area (Å²) in [4.78, 5) is -1.13. The zero-order valence-electron chi connectivity index (χ0n) is 10.7. The molecule has 0 aliphatic carbocycles. The Morgan fingerprint density at radius 1 is 0.800 bits per heavy atom. The molecule has 0 amide bonds. The second kappa shape index (κ2) is 7.19. The summed E-state index contributed by atoms with van der Waals surface area (Å²) in [6.45, 7) is 0. The van der Waals surface area contributed by atoms with Crippen LogP contribution in [-0.4, -0.2) is 25.9 Å². The molecule has 0 fully saturated rings. The van der Waals surface area contributed by atoms with Gasteiger partial charge in [0.1, 0.15) is 20.2 Å². The Balaban J connectivity index is 0.00000180. The number of hydrogen-bond donors (Lipinski definition) is 0. The fraction of sp³-hybridized carbons (Fsp3) is 0. The molecule has 0 aliphatic heterocycles. The molecule has 20 heavy (non-hydrogen) atoms.